The number of nitrogens with zero attached hydrogens (tertiary/aromatic N) is 3. The number of amides is 2. The Morgan fingerprint density at radius 1 is 1.16 bits per heavy atom. The van der Waals surface area contributed by atoms with Crippen LogP contribution in [-0.2, 0) is 16.1 Å². The molecule has 25 heavy (non-hydrogen) atoms. The van der Waals surface area contributed by atoms with Crippen LogP contribution >= 0.6 is 0 Å². The van der Waals surface area contributed by atoms with Crippen molar-refractivity contribution in [2.75, 3.05) is 32.7 Å². The predicted molar refractivity (Wildman–Crippen MR) is 92.6 cm³/mol. The third-order valence-electron chi connectivity index (χ3n) is 5.96. The highest BCUT2D eigenvalue weighted by Crippen LogP contribution is 2.26. The summed E-state index contributed by atoms with van der Waals surface area (Å²) >= 11 is 0. The Labute approximate surface area is 148 Å². The van der Waals surface area contributed by atoms with Crippen molar-refractivity contribution in [2.24, 2.45) is 5.92 Å². The summed E-state index contributed by atoms with van der Waals surface area (Å²) in [6.07, 6.45) is 7.27. The molecule has 0 bridgehead atoms. The summed E-state index contributed by atoms with van der Waals surface area (Å²) in [5.41, 5.74) is 0. The van der Waals surface area contributed by atoms with Gasteiger partial charge in [0.1, 0.15) is 5.76 Å². The van der Waals surface area contributed by atoms with Crippen LogP contribution in [0, 0.1) is 5.92 Å². The Hall–Kier alpha value is -1.82. The van der Waals surface area contributed by atoms with Gasteiger partial charge in [-0.05, 0) is 25.0 Å². The van der Waals surface area contributed by atoms with Gasteiger partial charge in [-0.3, -0.25) is 14.5 Å². The fourth-order valence-electron chi connectivity index (χ4n) is 4.52. The average molecular weight is 345 g/mol. The Morgan fingerprint density at radius 3 is 2.60 bits per heavy atom. The Balaban J connectivity index is 1.29. The van der Waals surface area contributed by atoms with Gasteiger partial charge in [-0.2, -0.15) is 0 Å². The van der Waals surface area contributed by atoms with Gasteiger partial charge < -0.3 is 14.2 Å². The lowest BCUT2D eigenvalue weighted by Gasteiger charge is -2.38. The van der Waals surface area contributed by atoms with Crippen LogP contribution < -0.4 is 0 Å². The number of hydrogen-bond donors (Lipinski definition) is 0. The largest absolute Gasteiger partial charge is 0.467 e. The quantitative estimate of drug-likeness (QED) is 0.834. The first-order valence-electron chi connectivity index (χ1n) is 9.53. The molecule has 1 aliphatic carbocycles. The number of likely N-dealkylation sites (tertiary alicyclic amines) is 1. The maximum atomic E-state index is 12.8. The third kappa shape index (κ3) is 3.59. The first-order valence-corrected chi connectivity index (χ1v) is 9.53. The molecule has 6 nitrogen and oxygen atoms in total. The van der Waals surface area contributed by atoms with Crippen molar-refractivity contribution in [3.63, 3.8) is 0 Å². The minimum atomic E-state index is -0.194. The maximum Gasteiger partial charge on any atom is 0.228 e. The number of carbonyl (C=O) groups excluding carboxylic acids is 2. The lowest BCUT2D eigenvalue weighted by molar-refractivity contribution is -0.137. The monoisotopic (exact) mass is 345 g/mol. The Morgan fingerprint density at radius 2 is 1.92 bits per heavy atom. The number of piperazine rings is 1. The summed E-state index contributed by atoms with van der Waals surface area (Å²) in [6.45, 7) is 4.54. The van der Waals surface area contributed by atoms with Gasteiger partial charge in [0, 0.05) is 45.2 Å². The van der Waals surface area contributed by atoms with E-state index in [0.29, 0.717) is 19.5 Å². The van der Waals surface area contributed by atoms with Gasteiger partial charge >= 0.3 is 0 Å². The molecule has 3 heterocycles. The van der Waals surface area contributed by atoms with Crippen LogP contribution in [0.2, 0.25) is 0 Å². The van der Waals surface area contributed by atoms with Crippen molar-refractivity contribution in [1.82, 2.24) is 14.7 Å². The highest BCUT2D eigenvalue weighted by Gasteiger charge is 2.38. The molecule has 2 amide bonds. The normalized spacial score (nSPS) is 25.9. The van der Waals surface area contributed by atoms with Gasteiger partial charge in [0.05, 0.1) is 18.7 Å². The van der Waals surface area contributed by atoms with Crippen molar-refractivity contribution < 1.29 is 14.0 Å². The average Bonchev–Trinajstić information content (AvgIpc) is 3.38. The van der Waals surface area contributed by atoms with Crippen LogP contribution in [0.4, 0.5) is 0 Å². The van der Waals surface area contributed by atoms with Crippen molar-refractivity contribution >= 4 is 11.8 Å². The predicted octanol–water partition coefficient (Wildman–Crippen LogP) is 1.71. The lowest BCUT2D eigenvalue weighted by Crippen LogP contribution is -2.52. The van der Waals surface area contributed by atoms with E-state index < -0.39 is 0 Å². The second-order valence-corrected chi connectivity index (χ2v) is 7.55. The smallest absolute Gasteiger partial charge is 0.228 e. The van der Waals surface area contributed by atoms with E-state index in [4.69, 9.17) is 4.42 Å². The first-order chi connectivity index (χ1) is 12.2. The van der Waals surface area contributed by atoms with Crippen LogP contribution in [-0.4, -0.2) is 65.3 Å². The van der Waals surface area contributed by atoms with E-state index in [-0.39, 0.29) is 17.7 Å². The van der Waals surface area contributed by atoms with Gasteiger partial charge in [-0.15, -0.1) is 0 Å². The molecule has 3 aliphatic rings. The van der Waals surface area contributed by atoms with Crippen molar-refractivity contribution in [3.05, 3.63) is 24.2 Å². The van der Waals surface area contributed by atoms with Crippen molar-refractivity contribution in [2.45, 2.75) is 44.7 Å². The van der Waals surface area contributed by atoms with E-state index in [1.54, 1.807) is 11.2 Å². The summed E-state index contributed by atoms with van der Waals surface area (Å²) < 4.78 is 5.32. The van der Waals surface area contributed by atoms with E-state index in [0.717, 1.165) is 38.0 Å². The molecule has 136 valence electrons. The summed E-state index contributed by atoms with van der Waals surface area (Å²) in [4.78, 5) is 31.3. The van der Waals surface area contributed by atoms with Crippen LogP contribution in [0.15, 0.2) is 22.8 Å². The molecule has 2 saturated heterocycles. The second-order valence-electron chi connectivity index (χ2n) is 7.55. The minimum absolute atomic E-state index is 0.0549. The Bertz CT molecular complexity index is 601. The Kier molecular flexibility index (Phi) is 4.79. The van der Waals surface area contributed by atoms with Crippen LogP contribution in [0.3, 0.4) is 0 Å². The highest BCUT2D eigenvalue weighted by atomic mass is 16.3. The number of hydrogen-bond acceptors (Lipinski definition) is 4. The fourth-order valence-corrected chi connectivity index (χ4v) is 4.52. The molecule has 1 atom stereocenters. The number of carbonyl (C=O) groups is 2. The van der Waals surface area contributed by atoms with Crippen molar-refractivity contribution in [1.29, 1.82) is 0 Å². The molecule has 1 saturated carbocycles. The van der Waals surface area contributed by atoms with Crippen LogP contribution in [0.5, 0.6) is 0 Å². The topological polar surface area (TPSA) is 57.0 Å². The van der Waals surface area contributed by atoms with E-state index in [1.165, 1.54) is 25.7 Å². The van der Waals surface area contributed by atoms with E-state index in [2.05, 4.69) is 4.90 Å². The fraction of sp³-hybridized carbons (Fsp3) is 0.684. The molecule has 6 heteroatoms. The van der Waals surface area contributed by atoms with E-state index in [1.807, 2.05) is 17.0 Å². The zero-order valence-electron chi connectivity index (χ0n) is 14.7. The van der Waals surface area contributed by atoms with Crippen molar-refractivity contribution in [3.8, 4) is 0 Å². The molecule has 0 radical (unpaired) electrons. The summed E-state index contributed by atoms with van der Waals surface area (Å²) in [5, 5.41) is 0. The summed E-state index contributed by atoms with van der Waals surface area (Å²) in [6, 6.07) is 4.42. The number of furan rings is 1. The first kappa shape index (κ1) is 16.6. The lowest BCUT2D eigenvalue weighted by atomic mass is 10.1. The molecule has 1 aromatic heterocycles. The van der Waals surface area contributed by atoms with Gasteiger partial charge in [0.2, 0.25) is 11.8 Å². The summed E-state index contributed by atoms with van der Waals surface area (Å²) in [5.74, 6) is 0.785. The SMILES string of the molecule is O=C1C[C@@H](C(=O)N2CCN(C3CCCC3)CC2)CN1Cc1ccco1. The van der Waals surface area contributed by atoms with E-state index >= 15 is 0 Å². The zero-order chi connectivity index (χ0) is 17.2. The van der Waals surface area contributed by atoms with Gasteiger partial charge in [0.25, 0.3) is 0 Å². The number of rotatable bonds is 4. The minimum Gasteiger partial charge on any atom is -0.467 e. The third-order valence-corrected chi connectivity index (χ3v) is 5.96. The second kappa shape index (κ2) is 7.20. The van der Waals surface area contributed by atoms with Crippen LogP contribution in [0.1, 0.15) is 37.9 Å². The molecule has 1 aromatic rings. The van der Waals surface area contributed by atoms with Gasteiger partial charge in [-0.25, -0.2) is 0 Å². The molecule has 2 aliphatic heterocycles. The molecule has 0 aromatic carbocycles. The maximum absolute atomic E-state index is 12.8. The van der Waals surface area contributed by atoms with E-state index in [9.17, 15) is 9.59 Å². The molecular weight excluding hydrogens is 318 g/mol. The summed E-state index contributed by atoms with van der Waals surface area (Å²) in [7, 11) is 0. The van der Waals surface area contributed by atoms with Gasteiger partial charge in [-0.1, -0.05) is 12.8 Å². The molecule has 4 rings (SSSR count). The standard InChI is InChI=1S/C19H27N3O3/c23-18-12-15(13-22(18)14-17-6-3-11-25-17)19(24)21-9-7-20(8-10-21)16-4-1-2-5-16/h3,6,11,15-16H,1-2,4-5,7-10,12-14H2/t15-/m1/s1. The molecule has 0 spiro atoms. The van der Waals surface area contributed by atoms with Crippen LogP contribution in [0.25, 0.3) is 0 Å². The molecule has 0 unspecified atom stereocenters. The molecule has 3 fully saturated rings. The molecule has 0 N–H and O–H groups in total. The highest BCUT2D eigenvalue weighted by molar-refractivity contribution is 5.89. The molecular formula is C19H27N3O3. The zero-order valence-corrected chi connectivity index (χ0v) is 14.7. The van der Waals surface area contributed by atoms with Gasteiger partial charge in [0.15, 0.2) is 0 Å².